The molecule has 11 heavy (non-hydrogen) atoms. The van der Waals surface area contributed by atoms with E-state index in [1.165, 1.54) is 0 Å². The number of carbonyl (C=O) groups excluding carboxylic acids is 1. The number of unbranched alkanes of at least 4 members (excludes halogenated alkanes) is 1. The van der Waals surface area contributed by atoms with E-state index in [-0.39, 0.29) is 0 Å². The van der Waals surface area contributed by atoms with Gasteiger partial charge in [-0.1, -0.05) is 0 Å². The van der Waals surface area contributed by atoms with Crippen molar-refractivity contribution >= 4 is 14.5 Å². The van der Waals surface area contributed by atoms with Gasteiger partial charge in [0.15, 0.2) is 0 Å². The van der Waals surface area contributed by atoms with Gasteiger partial charge in [-0.2, -0.15) is 0 Å². The van der Waals surface area contributed by atoms with E-state index in [4.69, 9.17) is 4.52 Å². The first-order chi connectivity index (χ1) is 5.31. The van der Waals surface area contributed by atoms with Crippen LogP contribution in [-0.2, 0) is 18.4 Å². The lowest BCUT2D eigenvalue weighted by molar-refractivity contribution is -0.108. The second-order valence-electron chi connectivity index (χ2n) is 1.84. The van der Waals surface area contributed by atoms with Gasteiger partial charge in [0.1, 0.15) is 6.29 Å². The molecule has 0 heterocycles. The molecule has 0 aromatic rings. The van der Waals surface area contributed by atoms with Crippen molar-refractivity contribution in [3.8, 4) is 0 Å². The molecule has 66 valence electrons. The Balaban J connectivity index is 3.10. The first-order valence-electron chi connectivity index (χ1n) is 3.54. The number of carbonyl (C=O) groups is 1. The Morgan fingerprint density at radius 3 is 2.73 bits per heavy atom. The minimum absolute atomic E-state index is 0.330. The molecular formula is C6H13O4P. The largest absolute Gasteiger partial charge is 0.319 e. The monoisotopic (exact) mass is 180 g/mol. The first kappa shape index (κ1) is 10.8. The van der Waals surface area contributed by atoms with Crippen molar-refractivity contribution in [1.29, 1.82) is 0 Å². The normalized spacial score (nSPS) is 12.8. The third-order valence-electron chi connectivity index (χ3n) is 0.948. The summed E-state index contributed by atoms with van der Waals surface area (Å²) in [7, 11) is -2.29. The Hall–Kier alpha value is -0.180. The molecule has 0 spiro atoms. The molecule has 0 amide bonds. The lowest BCUT2D eigenvalue weighted by atomic mass is 10.4. The highest BCUT2D eigenvalue weighted by Crippen LogP contribution is 2.22. The van der Waals surface area contributed by atoms with E-state index in [1.807, 2.05) is 0 Å². The van der Waals surface area contributed by atoms with Crippen LogP contribution >= 0.6 is 8.25 Å². The van der Waals surface area contributed by atoms with E-state index in [0.717, 1.165) is 6.29 Å². The van der Waals surface area contributed by atoms with Gasteiger partial charge < -0.3 is 13.8 Å². The SMILES string of the molecule is CCO[PH](=O)OCCCC=O. The first-order valence-corrected chi connectivity index (χ1v) is 4.77. The van der Waals surface area contributed by atoms with Gasteiger partial charge >= 0.3 is 8.25 Å². The fourth-order valence-electron chi connectivity index (χ4n) is 0.482. The maximum Gasteiger partial charge on any atom is 0.319 e. The van der Waals surface area contributed by atoms with E-state index in [9.17, 15) is 9.36 Å². The maximum atomic E-state index is 10.7. The lowest BCUT2D eigenvalue weighted by Crippen LogP contribution is -1.89. The summed E-state index contributed by atoms with van der Waals surface area (Å²) in [5.74, 6) is 0. The van der Waals surface area contributed by atoms with Gasteiger partial charge in [-0.05, 0) is 13.3 Å². The standard InChI is InChI=1S/C6H13O4P/c1-2-9-11(8)10-6-4-3-5-7/h5,11H,2-4,6H2,1H3. The molecule has 0 aliphatic carbocycles. The fraction of sp³-hybridized carbons (Fsp3) is 0.833. The van der Waals surface area contributed by atoms with Gasteiger partial charge in [-0.25, -0.2) is 0 Å². The van der Waals surface area contributed by atoms with E-state index in [2.05, 4.69) is 4.52 Å². The Bertz CT molecular complexity index is 126. The molecule has 1 atom stereocenters. The zero-order valence-electron chi connectivity index (χ0n) is 6.54. The predicted molar refractivity (Wildman–Crippen MR) is 41.9 cm³/mol. The van der Waals surface area contributed by atoms with Gasteiger partial charge in [0, 0.05) is 6.42 Å². The molecule has 0 fully saturated rings. The van der Waals surface area contributed by atoms with Crippen molar-refractivity contribution in [1.82, 2.24) is 0 Å². The van der Waals surface area contributed by atoms with Crippen LogP contribution in [0, 0.1) is 0 Å². The molecule has 4 nitrogen and oxygen atoms in total. The second kappa shape index (κ2) is 7.92. The molecule has 0 bridgehead atoms. The van der Waals surface area contributed by atoms with Crippen LogP contribution in [0.4, 0.5) is 0 Å². The van der Waals surface area contributed by atoms with Crippen LogP contribution in [0.3, 0.4) is 0 Å². The van der Waals surface area contributed by atoms with Crippen molar-refractivity contribution in [3.63, 3.8) is 0 Å². The zero-order chi connectivity index (χ0) is 8.53. The van der Waals surface area contributed by atoms with E-state index >= 15 is 0 Å². The highest BCUT2D eigenvalue weighted by molar-refractivity contribution is 7.33. The van der Waals surface area contributed by atoms with Gasteiger partial charge in [-0.3, -0.25) is 4.57 Å². The lowest BCUT2D eigenvalue weighted by Gasteiger charge is -2.00. The molecule has 1 unspecified atom stereocenters. The van der Waals surface area contributed by atoms with Gasteiger partial charge in [0.25, 0.3) is 0 Å². The highest BCUT2D eigenvalue weighted by Gasteiger charge is 1.95. The molecule has 0 radical (unpaired) electrons. The Labute approximate surface area is 66.8 Å². The summed E-state index contributed by atoms with van der Waals surface area (Å²) in [6.07, 6.45) is 1.86. The van der Waals surface area contributed by atoms with E-state index in [0.29, 0.717) is 26.1 Å². The number of rotatable bonds is 7. The summed E-state index contributed by atoms with van der Waals surface area (Å²) in [6.45, 7) is 2.47. The number of hydrogen-bond acceptors (Lipinski definition) is 4. The Morgan fingerprint density at radius 2 is 2.18 bits per heavy atom. The molecule has 0 aliphatic heterocycles. The van der Waals surface area contributed by atoms with Crippen LogP contribution in [0.25, 0.3) is 0 Å². The number of hydrogen-bond donors (Lipinski definition) is 0. The molecule has 0 aliphatic rings. The van der Waals surface area contributed by atoms with Crippen LogP contribution < -0.4 is 0 Å². The van der Waals surface area contributed by atoms with Crippen molar-refractivity contribution in [2.45, 2.75) is 19.8 Å². The maximum absolute atomic E-state index is 10.7. The Morgan fingerprint density at radius 1 is 1.45 bits per heavy atom. The minimum Gasteiger partial charge on any atom is -0.311 e. The molecule has 5 heteroatoms. The van der Waals surface area contributed by atoms with Crippen LogP contribution in [0.15, 0.2) is 0 Å². The minimum atomic E-state index is -2.29. The van der Waals surface area contributed by atoms with Gasteiger partial charge in [0.2, 0.25) is 0 Å². The van der Waals surface area contributed by atoms with Gasteiger partial charge in [-0.15, -0.1) is 0 Å². The van der Waals surface area contributed by atoms with Crippen LogP contribution in [0.5, 0.6) is 0 Å². The third-order valence-corrected chi connectivity index (χ3v) is 1.91. The topological polar surface area (TPSA) is 52.6 Å². The van der Waals surface area contributed by atoms with Crippen molar-refractivity contribution in [2.75, 3.05) is 13.2 Å². The summed E-state index contributed by atoms with van der Waals surface area (Å²) < 4.78 is 20.1. The van der Waals surface area contributed by atoms with Gasteiger partial charge in [0.05, 0.1) is 13.2 Å². The molecule has 0 saturated heterocycles. The average molecular weight is 180 g/mol. The summed E-state index contributed by atoms with van der Waals surface area (Å²) in [4.78, 5) is 9.82. The Kier molecular flexibility index (Phi) is 7.79. The van der Waals surface area contributed by atoms with Crippen LogP contribution in [0.2, 0.25) is 0 Å². The predicted octanol–water partition coefficient (Wildman–Crippen LogP) is 1.41. The quantitative estimate of drug-likeness (QED) is 0.337. The summed E-state index contributed by atoms with van der Waals surface area (Å²) in [6, 6.07) is 0. The van der Waals surface area contributed by atoms with Crippen molar-refractivity contribution in [3.05, 3.63) is 0 Å². The second-order valence-corrected chi connectivity index (χ2v) is 2.92. The molecule has 0 aromatic heterocycles. The third kappa shape index (κ3) is 7.72. The molecular weight excluding hydrogens is 167 g/mol. The molecule has 0 saturated carbocycles. The van der Waals surface area contributed by atoms with Crippen molar-refractivity contribution < 1.29 is 18.4 Å². The smallest absolute Gasteiger partial charge is 0.311 e. The van der Waals surface area contributed by atoms with Crippen molar-refractivity contribution in [2.24, 2.45) is 0 Å². The summed E-state index contributed by atoms with van der Waals surface area (Å²) >= 11 is 0. The van der Waals surface area contributed by atoms with Crippen LogP contribution in [-0.4, -0.2) is 19.5 Å². The van der Waals surface area contributed by atoms with Crippen LogP contribution in [0.1, 0.15) is 19.8 Å². The fourth-order valence-corrected chi connectivity index (χ4v) is 1.11. The molecule has 0 aromatic carbocycles. The summed E-state index contributed by atoms with van der Waals surface area (Å²) in [5.41, 5.74) is 0. The number of aldehydes is 1. The highest BCUT2D eigenvalue weighted by atomic mass is 31.1. The zero-order valence-corrected chi connectivity index (χ0v) is 7.54. The van der Waals surface area contributed by atoms with E-state index < -0.39 is 8.25 Å². The average Bonchev–Trinajstić information content (AvgIpc) is 1.99. The summed E-state index contributed by atoms with van der Waals surface area (Å²) in [5, 5.41) is 0. The van der Waals surface area contributed by atoms with E-state index in [1.54, 1.807) is 6.92 Å². The molecule has 0 rings (SSSR count). The molecule has 0 N–H and O–H groups in total.